The Morgan fingerprint density at radius 3 is 2.60 bits per heavy atom. The lowest BCUT2D eigenvalue weighted by Gasteiger charge is -2.23. The summed E-state index contributed by atoms with van der Waals surface area (Å²) in [5.41, 5.74) is 3.83. The lowest BCUT2D eigenvalue weighted by molar-refractivity contribution is 0.0962. The minimum absolute atomic E-state index is 0.00470. The van der Waals surface area contributed by atoms with Crippen molar-refractivity contribution in [1.82, 2.24) is 19.9 Å². The first-order valence-corrected chi connectivity index (χ1v) is 9.72. The minimum Gasteiger partial charge on any atom is -0.294 e. The van der Waals surface area contributed by atoms with Gasteiger partial charge in [0.15, 0.2) is 5.78 Å². The Hall–Kier alpha value is -3.74. The summed E-state index contributed by atoms with van der Waals surface area (Å²) in [4.78, 5) is 30.5. The highest BCUT2D eigenvalue weighted by Crippen LogP contribution is 2.32. The lowest BCUT2D eigenvalue weighted by Crippen LogP contribution is -2.21. The number of fused-ring (bicyclic) bond motifs is 2. The highest BCUT2D eigenvalue weighted by Gasteiger charge is 2.28. The molecule has 2 aromatic heterocycles. The van der Waals surface area contributed by atoms with Crippen LogP contribution in [0.15, 0.2) is 54.7 Å². The average Bonchev–Trinajstić information content (AvgIpc) is 2.74. The first kappa shape index (κ1) is 18.3. The maximum absolute atomic E-state index is 13.2. The summed E-state index contributed by atoms with van der Waals surface area (Å²) < 4.78 is 13.2. The SMILES string of the molecule is Cc1nc(Nc2ncc3c(n2)CC(c2ccc(F)cc2)CC3=O)nc2ccccc12. The summed E-state index contributed by atoms with van der Waals surface area (Å²) in [5, 5.41) is 4.05. The molecule has 0 radical (unpaired) electrons. The predicted molar refractivity (Wildman–Crippen MR) is 111 cm³/mol. The van der Waals surface area contributed by atoms with Gasteiger partial charge in [-0.3, -0.25) is 10.1 Å². The second-order valence-electron chi connectivity index (χ2n) is 7.41. The Kier molecular flexibility index (Phi) is 4.43. The molecular formula is C23H18FN5O. The van der Waals surface area contributed by atoms with E-state index in [0.29, 0.717) is 36.0 Å². The highest BCUT2D eigenvalue weighted by atomic mass is 19.1. The van der Waals surface area contributed by atoms with E-state index >= 15 is 0 Å². The summed E-state index contributed by atoms with van der Waals surface area (Å²) in [6, 6.07) is 14.1. The molecule has 7 heteroatoms. The third-order valence-corrected chi connectivity index (χ3v) is 5.40. The number of benzene rings is 2. The number of anilines is 2. The second-order valence-corrected chi connectivity index (χ2v) is 7.41. The Labute approximate surface area is 172 Å². The number of aryl methyl sites for hydroxylation is 1. The molecule has 2 aromatic carbocycles. The number of nitrogens with zero attached hydrogens (tertiary/aromatic N) is 4. The fraction of sp³-hybridized carbons (Fsp3) is 0.174. The molecule has 0 fully saturated rings. The smallest absolute Gasteiger partial charge is 0.230 e. The van der Waals surface area contributed by atoms with Crippen LogP contribution in [-0.2, 0) is 6.42 Å². The molecule has 6 nitrogen and oxygen atoms in total. The molecule has 1 unspecified atom stereocenters. The van der Waals surface area contributed by atoms with Crippen molar-refractivity contribution in [3.8, 4) is 0 Å². The summed E-state index contributed by atoms with van der Waals surface area (Å²) >= 11 is 0. The normalized spacial score (nSPS) is 15.8. The topological polar surface area (TPSA) is 80.7 Å². The van der Waals surface area contributed by atoms with E-state index in [1.54, 1.807) is 18.3 Å². The van der Waals surface area contributed by atoms with Crippen LogP contribution < -0.4 is 5.32 Å². The van der Waals surface area contributed by atoms with E-state index in [4.69, 9.17) is 0 Å². The minimum atomic E-state index is -0.291. The molecule has 5 rings (SSSR count). The third kappa shape index (κ3) is 3.39. The van der Waals surface area contributed by atoms with E-state index in [1.807, 2.05) is 31.2 Å². The van der Waals surface area contributed by atoms with Gasteiger partial charge < -0.3 is 0 Å². The van der Waals surface area contributed by atoms with E-state index in [2.05, 4.69) is 25.3 Å². The number of nitrogens with one attached hydrogen (secondary N) is 1. The molecule has 2 heterocycles. The van der Waals surface area contributed by atoms with Gasteiger partial charge in [-0.1, -0.05) is 30.3 Å². The van der Waals surface area contributed by atoms with Crippen LogP contribution >= 0.6 is 0 Å². The second kappa shape index (κ2) is 7.26. The number of hydrogen-bond donors (Lipinski definition) is 1. The van der Waals surface area contributed by atoms with Crippen molar-refractivity contribution in [2.45, 2.75) is 25.7 Å². The van der Waals surface area contributed by atoms with Gasteiger partial charge in [0.1, 0.15) is 5.82 Å². The number of aromatic nitrogens is 4. The number of rotatable bonds is 3. The summed E-state index contributed by atoms with van der Waals surface area (Å²) in [7, 11) is 0. The van der Waals surface area contributed by atoms with Gasteiger partial charge in [0.05, 0.1) is 22.5 Å². The van der Waals surface area contributed by atoms with E-state index in [0.717, 1.165) is 22.2 Å². The molecule has 0 saturated heterocycles. The van der Waals surface area contributed by atoms with Gasteiger partial charge in [0.2, 0.25) is 11.9 Å². The van der Waals surface area contributed by atoms with Crippen LogP contribution in [0.25, 0.3) is 10.9 Å². The zero-order valence-corrected chi connectivity index (χ0v) is 16.3. The molecule has 1 aliphatic rings. The average molecular weight is 399 g/mol. The zero-order chi connectivity index (χ0) is 20.7. The van der Waals surface area contributed by atoms with Gasteiger partial charge in [-0.2, -0.15) is 0 Å². The number of halogens is 1. The zero-order valence-electron chi connectivity index (χ0n) is 16.3. The van der Waals surface area contributed by atoms with Crippen molar-refractivity contribution in [1.29, 1.82) is 0 Å². The first-order valence-electron chi connectivity index (χ1n) is 9.72. The highest BCUT2D eigenvalue weighted by molar-refractivity contribution is 5.98. The van der Waals surface area contributed by atoms with E-state index < -0.39 is 0 Å². The van der Waals surface area contributed by atoms with Crippen LogP contribution in [0.4, 0.5) is 16.3 Å². The largest absolute Gasteiger partial charge is 0.294 e. The van der Waals surface area contributed by atoms with Crippen molar-refractivity contribution in [3.63, 3.8) is 0 Å². The fourth-order valence-corrected chi connectivity index (χ4v) is 3.87. The number of carbonyl (C=O) groups excluding carboxylic acids is 1. The van der Waals surface area contributed by atoms with E-state index in [9.17, 15) is 9.18 Å². The van der Waals surface area contributed by atoms with E-state index in [-0.39, 0.29) is 17.5 Å². The Bertz CT molecular complexity index is 1270. The van der Waals surface area contributed by atoms with Crippen LogP contribution in [0.5, 0.6) is 0 Å². The van der Waals surface area contributed by atoms with Crippen molar-refractivity contribution in [2.75, 3.05) is 5.32 Å². The van der Waals surface area contributed by atoms with Gasteiger partial charge in [-0.15, -0.1) is 0 Å². The number of carbonyl (C=O) groups is 1. The summed E-state index contributed by atoms with van der Waals surface area (Å²) in [5.74, 6) is 0.419. The molecular weight excluding hydrogens is 381 g/mol. The number of ketones is 1. The summed E-state index contributed by atoms with van der Waals surface area (Å²) in [6.45, 7) is 1.93. The number of Topliss-reactive ketones (excluding diaryl/α,β-unsaturated/α-hetero) is 1. The molecule has 0 aliphatic heterocycles. The molecule has 4 aromatic rings. The van der Waals surface area contributed by atoms with Crippen LogP contribution in [0, 0.1) is 12.7 Å². The molecule has 0 bridgehead atoms. The van der Waals surface area contributed by atoms with Gasteiger partial charge in [0, 0.05) is 18.0 Å². The molecule has 1 atom stereocenters. The van der Waals surface area contributed by atoms with E-state index in [1.165, 1.54) is 12.1 Å². The molecule has 1 aliphatic carbocycles. The van der Waals surface area contributed by atoms with Crippen LogP contribution in [0.2, 0.25) is 0 Å². The molecule has 0 amide bonds. The third-order valence-electron chi connectivity index (χ3n) is 5.40. The maximum atomic E-state index is 13.2. The lowest BCUT2D eigenvalue weighted by atomic mass is 9.82. The summed E-state index contributed by atoms with van der Waals surface area (Å²) in [6.07, 6.45) is 2.51. The monoisotopic (exact) mass is 399 g/mol. The van der Waals surface area contributed by atoms with Crippen molar-refractivity contribution < 1.29 is 9.18 Å². The van der Waals surface area contributed by atoms with Crippen LogP contribution in [-0.4, -0.2) is 25.7 Å². The van der Waals surface area contributed by atoms with Gasteiger partial charge in [-0.25, -0.2) is 24.3 Å². The van der Waals surface area contributed by atoms with Gasteiger partial charge >= 0.3 is 0 Å². The van der Waals surface area contributed by atoms with Crippen molar-refractivity contribution in [3.05, 3.63) is 83.1 Å². The Morgan fingerprint density at radius 2 is 1.77 bits per heavy atom. The Balaban J connectivity index is 1.45. The molecule has 0 spiro atoms. The first-order chi connectivity index (χ1) is 14.6. The van der Waals surface area contributed by atoms with Crippen LogP contribution in [0.3, 0.4) is 0 Å². The fourth-order valence-electron chi connectivity index (χ4n) is 3.87. The molecule has 148 valence electrons. The van der Waals surface area contributed by atoms with Gasteiger partial charge in [-0.05, 0) is 43.0 Å². The maximum Gasteiger partial charge on any atom is 0.230 e. The number of para-hydroxylation sites is 1. The van der Waals surface area contributed by atoms with Gasteiger partial charge in [0.25, 0.3) is 0 Å². The van der Waals surface area contributed by atoms with Crippen molar-refractivity contribution in [2.24, 2.45) is 0 Å². The predicted octanol–water partition coefficient (Wildman–Crippen LogP) is 4.52. The molecule has 30 heavy (non-hydrogen) atoms. The molecule has 1 N–H and O–H groups in total. The standard InChI is InChI=1S/C23H18FN5O/c1-13-17-4-2-3-5-19(17)27-23(26-13)29-22-25-12-18-20(28-22)10-15(11-21(18)30)14-6-8-16(24)9-7-14/h2-9,12,15H,10-11H2,1H3,(H,25,26,27,28,29). The van der Waals surface area contributed by atoms with Crippen molar-refractivity contribution >= 4 is 28.6 Å². The quantitative estimate of drug-likeness (QED) is 0.545. The van der Waals surface area contributed by atoms with Crippen LogP contribution in [0.1, 0.15) is 39.6 Å². The molecule has 0 saturated carbocycles. The number of hydrogen-bond acceptors (Lipinski definition) is 6. The Morgan fingerprint density at radius 1 is 0.967 bits per heavy atom.